The highest BCUT2D eigenvalue weighted by Gasteiger charge is 2.44. The number of hydrogen-bond acceptors (Lipinski definition) is 2. The molecule has 3 unspecified atom stereocenters. The van der Waals surface area contributed by atoms with Crippen LogP contribution in [0.3, 0.4) is 0 Å². The summed E-state index contributed by atoms with van der Waals surface area (Å²) >= 11 is 0. The van der Waals surface area contributed by atoms with Gasteiger partial charge in [-0.1, -0.05) is 51.0 Å². The van der Waals surface area contributed by atoms with Crippen molar-refractivity contribution in [1.29, 1.82) is 0 Å². The van der Waals surface area contributed by atoms with Gasteiger partial charge < -0.3 is 10.2 Å². The monoisotopic (exact) mass is 288 g/mol. The highest BCUT2D eigenvalue weighted by molar-refractivity contribution is 5.32. The first-order valence-corrected chi connectivity index (χ1v) is 8.47. The number of rotatable bonds is 5. The Hall–Kier alpha value is -0.860. The Kier molecular flexibility index (Phi) is 5.45. The van der Waals surface area contributed by atoms with E-state index in [1.807, 2.05) is 0 Å². The average molecular weight is 288 g/mol. The van der Waals surface area contributed by atoms with Crippen molar-refractivity contribution in [2.45, 2.75) is 58.0 Å². The second-order valence-corrected chi connectivity index (χ2v) is 7.05. The predicted octanol–water partition coefficient (Wildman–Crippen LogP) is 4.16. The lowest BCUT2D eigenvalue weighted by Gasteiger charge is -2.51. The van der Waals surface area contributed by atoms with Crippen molar-refractivity contribution in [2.75, 3.05) is 20.6 Å². The first-order chi connectivity index (χ1) is 10.0. The van der Waals surface area contributed by atoms with Gasteiger partial charge in [-0.3, -0.25) is 0 Å². The first-order valence-electron chi connectivity index (χ1n) is 8.47. The lowest BCUT2D eigenvalue weighted by molar-refractivity contribution is 0.0370. The first kappa shape index (κ1) is 16.5. The van der Waals surface area contributed by atoms with E-state index in [0.29, 0.717) is 6.04 Å². The maximum absolute atomic E-state index is 3.81. The van der Waals surface area contributed by atoms with Crippen LogP contribution in [0.2, 0.25) is 0 Å². The van der Waals surface area contributed by atoms with Gasteiger partial charge in [-0.05, 0) is 57.5 Å². The summed E-state index contributed by atoms with van der Waals surface area (Å²) in [4.78, 5) is 2.49. The fourth-order valence-electron chi connectivity index (χ4n) is 4.19. The maximum Gasteiger partial charge on any atom is 0.0509 e. The molecule has 1 aliphatic carbocycles. The summed E-state index contributed by atoms with van der Waals surface area (Å²) in [5.41, 5.74) is 3.12. The molecule has 2 rings (SSSR count). The van der Waals surface area contributed by atoms with Crippen LogP contribution in [0.15, 0.2) is 24.3 Å². The molecule has 0 saturated heterocycles. The van der Waals surface area contributed by atoms with Gasteiger partial charge in [-0.15, -0.1) is 0 Å². The van der Waals surface area contributed by atoms with Crippen LogP contribution in [0.4, 0.5) is 0 Å². The Labute approximate surface area is 130 Å². The van der Waals surface area contributed by atoms with E-state index in [-0.39, 0.29) is 5.54 Å². The van der Waals surface area contributed by atoms with E-state index in [2.05, 4.69) is 69.3 Å². The summed E-state index contributed by atoms with van der Waals surface area (Å²) in [7, 11) is 4.53. The smallest absolute Gasteiger partial charge is 0.0509 e. The summed E-state index contributed by atoms with van der Waals surface area (Å²) in [5.74, 6) is 0.811. The van der Waals surface area contributed by atoms with Gasteiger partial charge in [0.05, 0.1) is 6.04 Å². The van der Waals surface area contributed by atoms with Crippen molar-refractivity contribution in [1.82, 2.24) is 10.2 Å². The molecule has 1 N–H and O–H groups in total. The molecule has 0 bridgehead atoms. The number of likely N-dealkylation sites (N-methyl/N-ethyl adjacent to an activating group) is 2. The fourth-order valence-corrected chi connectivity index (χ4v) is 4.19. The molecule has 0 heterocycles. The molecule has 2 nitrogen and oxygen atoms in total. The van der Waals surface area contributed by atoms with Crippen LogP contribution in [0.1, 0.15) is 56.7 Å². The number of nitrogens with one attached hydrogen (secondary N) is 1. The molecule has 0 spiro atoms. The zero-order chi connectivity index (χ0) is 15.5. The van der Waals surface area contributed by atoms with E-state index in [1.54, 1.807) is 0 Å². The Morgan fingerprint density at radius 2 is 2.05 bits per heavy atom. The van der Waals surface area contributed by atoms with Gasteiger partial charge in [-0.25, -0.2) is 0 Å². The van der Waals surface area contributed by atoms with E-state index in [1.165, 1.54) is 36.8 Å². The molecule has 0 aliphatic heterocycles. The van der Waals surface area contributed by atoms with E-state index in [4.69, 9.17) is 0 Å². The lowest BCUT2D eigenvalue weighted by atomic mass is 9.69. The summed E-state index contributed by atoms with van der Waals surface area (Å²) in [6.45, 7) is 7.90. The summed E-state index contributed by atoms with van der Waals surface area (Å²) in [6, 6.07) is 9.31. The van der Waals surface area contributed by atoms with Crippen LogP contribution in [0.5, 0.6) is 0 Å². The Bertz CT molecular complexity index is 455. The molecular formula is C19H32N2. The molecule has 21 heavy (non-hydrogen) atoms. The zero-order valence-electron chi connectivity index (χ0n) is 14.4. The van der Waals surface area contributed by atoms with Crippen LogP contribution in [-0.4, -0.2) is 31.1 Å². The van der Waals surface area contributed by atoms with Gasteiger partial charge in [0.15, 0.2) is 0 Å². The Morgan fingerprint density at radius 1 is 1.33 bits per heavy atom. The minimum atomic E-state index is 0.236. The molecule has 3 atom stereocenters. The highest BCUT2D eigenvalue weighted by Crippen LogP contribution is 2.44. The van der Waals surface area contributed by atoms with Gasteiger partial charge >= 0.3 is 0 Å². The molecule has 1 aromatic carbocycles. The third-order valence-electron chi connectivity index (χ3n) is 5.34. The molecule has 1 saturated carbocycles. The minimum Gasteiger partial charge on any atom is -0.309 e. The minimum absolute atomic E-state index is 0.236. The zero-order valence-corrected chi connectivity index (χ0v) is 14.4. The molecule has 0 radical (unpaired) electrons. The van der Waals surface area contributed by atoms with Crippen molar-refractivity contribution in [3.63, 3.8) is 0 Å². The third kappa shape index (κ3) is 3.32. The predicted molar refractivity (Wildman–Crippen MR) is 91.6 cm³/mol. The van der Waals surface area contributed by atoms with Crippen molar-refractivity contribution < 1.29 is 0 Å². The van der Waals surface area contributed by atoms with Crippen molar-refractivity contribution >= 4 is 0 Å². The number of aryl methyl sites for hydroxylation is 1. The average Bonchev–Trinajstić information content (AvgIpc) is 2.45. The highest BCUT2D eigenvalue weighted by atomic mass is 15.2. The van der Waals surface area contributed by atoms with Crippen LogP contribution >= 0.6 is 0 Å². The normalized spacial score (nSPS) is 27.8. The molecule has 0 amide bonds. The molecule has 1 fully saturated rings. The maximum atomic E-state index is 3.81. The number of hydrogen-bond donors (Lipinski definition) is 1. The fraction of sp³-hybridized carbons (Fsp3) is 0.684. The van der Waals surface area contributed by atoms with Crippen molar-refractivity contribution in [2.24, 2.45) is 5.92 Å². The summed E-state index contributed by atoms with van der Waals surface area (Å²) < 4.78 is 0. The second-order valence-electron chi connectivity index (χ2n) is 7.05. The van der Waals surface area contributed by atoms with Crippen LogP contribution in [0, 0.1) is 12.8 Å². The van der Waals surface area contributed by atoms with Gasteiger partial charge in [0.2, 0.25) is 0 Å². The Morgan fingerprint density at radius 3 is 2.62 bits per heavy atom. The Balaban J connectivity index is 2.44. The SMILES string of the molecule is CCNC(c1ccccc1C)C1(N(C)C)CCCC(C)C1. The number of benzene rings is 1. The number of nitrogens with zero attached hydrogens (tertiary/aromatic N) is 1. The van der Waals surface area contributed by atoms with E-state index >= 15 is 0 Å². The van der Waals surface area contributed by atoms with E-state index < -0.39 is 0 Å². The van der Waals surface area contributed by atoms with Gasteiger partial charge in [0.1, 0.15) is 0 Å². The molecule has 2 heteroatoms. The molecule has 1 aromatic rings. The topological polar surface area (TPSA) is 15.3 Å². The second kappa shape index (κ2) is 6.93. The van der Waals surface area contributed by atoms with Gasteiger partial charge in [0, 0.05) is 5.54 Å². The van der Waals surface area contributed by atoms with E-state index in [0.717, 1.165) is 12.5 Å². The van der Waals surface area contributed by atoms with Gasteiger partial charge in [0.25, 0.3) is 0 Å². The third-order valence-corrected chi connectivity index (χ3v) is 5.34. The quantitative estimate of drug-likeness (QED) is 0.875. The van der Waals surface area contributed by atoms with Crippen LogP contribution < -0.4 is 5.32 Å². The lowest BCUT2D eigenvalue weighted by Crippen LogP contribution is -2.56. The molecule has 118 valence electrons. The van der Waals surface area contributed by atoms with Crippen molar-refractivity contribution in [3.8, 4) is 0 Å². The molecule has 1 aliphatic rings. The standard InChI is InChI=1S/C19H32N2/c1-6-20-18(17-12-8-7-11-16(17)3)19(21(4)5)13-9-10-15(2)14-19/h7-8,11-12,15,18,20H,6,9-10,13-14H2,1-5H3. The summed E-state index contributed by atoms with van der Waals surface area (Å²) in [5, 5.41) is 3.81. The van der Waals surface area contributed by atoms with Crippen molar-refractivity contribution in [3.05, 3.63) is 35.4 Å². The molecular weight excluding hydrogens is 256 g/mol. The van der Waals surface area contributed by atoms with Gasteiger partial charge in [-0.2, -0.15) is 0 Å². The van der Waals surface area contributed by atoms with Crippen LogP contribution in [-0.2, 0) is 0 Å². The largest absolute Gasteiger partial charge is 0.309 e. The summed E-state index contributed by atoms with van der Waals surface area (Å²) in [6.07, 6.45) is 5.29. The van der Waals surface area contributed by atoms with Crippen LogP contribution in [0.25, 0.3) is 0 Å². The van der Waals surface area contributed by atoms with E-state index in [9.17, 15) is 0 Å². The molecule has 0 aromatic heterocycles.